The average molecular weight is 216 g/mol. The molecule has 0 bridgehead atoms. The van der Waals surface area contributed by atoms with Gasteiger partial charge >= 0.3 is 0 Å². The summed E-state index contributed by atoms with van der Waals surface area (Å²) in [6, 6.07) is 0. The van der Waals surface area contributed by atoms with Crippen LogP contribution in [0.25, 0.3) is 0 Å². The molecule has 1 fully saturated rings. The Morgan fingerprint density at radius 3 is 2.86 bits per heavy atom. The Kier molecular flexibility index (Phi) is 5.66. The van der Waals surface area contributed by atoms with Gasteiger partial charge in [-0.05, 0) is 5.41 Å². The Morgan fingerprint density at radius 1 is 1.50 bits per heavy atom. The molecule has 1 aliphatic heterocycles. The van der Waals surface area contributed by atoms with Crippen molar-refractivity contribution < 1.29 is 9.53 Å². The van der Waals surface area contributed by atoms with E-state index < -0.39 is 0 Å². The number of amides is 1. The highest BCUT2D eigenvalue weighted by molar-refractivity contribution is 8.02. The van der Waals surface area contributed by atoms with E-state index in [-0.39, 0.29) is 5.91 Å². The number of nitrogens with zero attached hydrogens (tertiary/aromatic N) is 1. The second kappa shape index (κ2) is 6.86. The van der Waals surface area contributed by atoms with Crippen LogP contribution in [0.2, 0.25) is 0 Å². The van der Waals surface area contributed by atoms with Gasteiger partial charge in [-0.1, -0.05) is 0 Å². The molecule has 0 spiro atoms. The lowest BCUT2D eigenvalue weighted by Crippen LogP contribution is -2.39. The van der Waals surface area contributed by atoms with Crippen LogP contribution in [0.3, 0.4) is 0 Å². The maximum atomic E-state index is 11.5. The number of morpholine rings is 1. The van der Waals surface area contributed by atoms with Crippen molar-refractivity contribution >= 4 is 17.7 Å². The van der Waals surface area contributed by atoms with E-state index in [9.17, 15) is 4.79 Å². The van der Waals surface area contributed by atoms with Gasteiger partial charge in [-0.2, -0.15) is 0 Å². The molecule has 0 unspecified atom stereocenters. The summed E-state index contributed by atoms with van der Waals surface area (Å²) >= 11 is 1.56. The first-order valence-corrected chi connectivity index (χ1v) is 5.74. The monoisotopic (exact) mass is 216 g/mol. The molecule has 1 amide bonds. The first-order valence-electron chi connectivity index (χ1n) is 4.69. The van der Waals surface area contributed by atoms with Crippen LogP contribution in [-0.4, -0.2) is 49.4 Å². The van der Waals surface area contributed by atoms with Gasteiger partial charge in [-0.3, -0.25) is 4.79 Å². The molecule has 0 saturated carbocycles. The van der Waals surface area contributed by atoms with Gasteiger partial charge in [-0.25, -0.2) is 0 Å². The fourth-order valence-corrected chi connectivity index (χ4v) is 1.62. The number of hydrogen-bond donors (Lipinski definition) is 1. The van der Waals surface area contributed by atoms with Crippen molar-refractivity contribution in [1.29, 1.82) is 0 Å². The lowest BCUT2D eigenvalue weighted by Gasteiger charge is -2.25. The fraction of sp³-hybridized carbons (Fsp3) is 0.667. The van der Waals surface area contributed by atoms with Crippen LogP contribution in [-0.2, 0) is 9.53 Å². The predicted molar refractivity (Wildman–Crippen MR) is 58.1 cm³/mol. The molecule has 1 heterocycles. The van der Waals surface area contributed by atoms with E-state index in [1.807, 2.05) is 5.41 Å². The molecule has 0 aliphatic carbocycles. The highest BCUT2D eigenvalue weighted by atomic mass is 32.2. The minimum Gasteiger partial charge on any atom is -0.378 e. The molecule has 80 valence electrons. The Hall–Kier alpha value is -0.520. The number of rotatable bonds is 4. The number of carbonyl (C=O) groups excluding carboxylic acids is 1. The topological polar surface area (TPSA) is 55.6 Å². The number of nitrogens with two attached hydrogens (primary N) is 1. The molecule has 0 aromatic heterocycles. The van der Waals surface area contributed by atoms with E-state index >= 15 is 0 Å². The standard InChI is InChI=1S/C9H16N2O2S/c10-2-8-14-7-1-9(12)11-3-5-13-6-4-11/h1,7H,2-6,8,10H2/b7-1+. The van der Waals surface area contributed by atoms with Crippen LogP contribution in [0.5, 0.6) is 0 Å². The summed E-state index contributed by atoms with van der Waals surface area (Å²) in [5.74, 6) is 0.921. The first-order chi connectivity index (χ1) is 6.84. The summed E-state index contributed by atoms with van der Waals surface area (Å²) in [6.07, 6.45) is 1.60. The van der Waals surface area contributed by atoms with E-state index in [4.69, 9.17) is 10.5 Å². The van der Waals surface area contributed by atoms with E-state index in [0.717, 1.165) is 5.75 Å². The lowest BCUT2D eigenvalue weighted by atomic mass is 10.4. The smallest absolute Gasteiger partial charge is 0.247 e. The molecule has 1 saturated heterocycles. The molecule has 0 radical (unpaired) electrons. The Bertz CT molecular complexity index is 203. The summed E-state index contributed by atoms with van der Waals surface area (Å²) in [5.41, 5.74) is 5.32. The van der Waals surface area contributed by atoms with E-state index in [1.54, 1.807) is 22.7 Å². The quantitative estimate of drug-likeness (QED) is 0.533. The van der Waals surface area contributed by atoms with Gasteiger partial charge in [0.1, 0.15) is 0 Å². The maximum absolute atomic E-state index is 11.5. The Morgan fingerprint density at radius 2 is 2.21 bits per heavy atom. The van der Waals surface area contributed by atoms with E-state index in [0.29, 0.717) is 32.8 Å². The lowest BCUT2D eigenvalue weighted by molar-refractivity contribution is -0.129. The van der Waals surface area contributed by atoms with Crippen LogP contribution in [0, 0.1) is 0 Å². The zero-order chi connectivity index (χ0) is 10.2. The van der Waals surface area contributed by atoms with Gasteiger partial charge in [0.15, 0.2) is 0 Å². The molecule has 1 rings (SSSR count). The predicted octanol–water partition coefficient (Wildman–Crippen LogP) is 0.0508. The van der Waals surface area contributed by atoms with Gasteiger partial charge in [0, 0.05) is 31.5 Å². The molecule has 1 aliphatic rings. The Balaban J connectivity index is 2.22. The molecular weight excluding hydrogens is 200 g/mol. The fourth-order valence-electron chi connectivity index (χ4n) is 1.13. The molecule has 0 atom stereocenters. The van der Waals surface area contributed by atoms with Gasteiger partial charge in [0.2, 0.25) is 5.91 Å². The number of carbonyl (C=O) groups is 1. The third kappa shape index (κ3) is 4.13. The second-order valence-electron chi connectivity index (χ2n) is 2.90. The normalized spacial score (nSPS) is 17.6. The summed E-state index contributed by atoms with van der Waals surface area (Å²) in [6.45, 7) is 3.33. The van der Waals surface area contributed by atoms with Crippen molar-refractivity contribution in [3.05, 3.63) is 11.5 Å². The van der Waals surface area contributed by atoms with Crippen LogP contribution in [0.4, 0.5) is 0 Å². The zero-order valence-corrected chi connectivity index (χ0v) is 8.96. The van der Waals surface area contributed by atoms with Crippen molar-refractivity contribution in [2.45, 2.75) is 0 Å². The summed E-state index contributed by atoms with van der Waals surface area (Å²) in [5, 5.41) is 1.81. The second-order valence-corrected chi connectivity index (χ2v) is 3.91. The first kappa shape index (κ1) is 11.6. The Labute approximate surface area is 88.5 Å². The van der Waals surface area contributed by atoms with Crippen LogP contribution in [0.1, 0.15) is 0 Å². The number of hydrogen-bond acceptors (Lipinski definition) is 4. The third-order valence-corrected chi connectivity index (χ3v) is 2.67. The summed E-state index contributed by atoms with van der Waals surface area (Å²) in [4.78, 5) is 13.3. The van der Waals surface area contributed by atoms with Gasteiger partial charge in [0.25, 0.3) is 0 Å². The average Bonchev–Trinajstić information content (AvgIpc) is 2.25. The van der Waals surface area contributed by atoms with Crippen LogP contribution in [0.15, 0.2) is 11.5 Å². The minimum atomic E-state index is 0.0674. The van der Waals surface area contributed by atoms with Crippen molar-refractivity contribution in [1.82, 2.24) is 4.90 Å². The molecule has 14 heavy (non-hydrogen) atoms. The van der Waals surface area contributed by atoms with E-state index in [1.165, 1.54) is 0 Å². The van der Waals surface area contributed by atoms with Crippen molar-refractivity contribution in [3.8, 4) is 0 Å². The van der Waals surface area contributed by atoms with Gasteiger partial charge in [-0.15, -0.1) is 11.8 Å². The molecule has 4 nitrogen and oxygen atoms in total. The van der Waals surface area contributed by atoms with Crippen molar-refractivity contribution in [2.24, 2.45) is 5.73 Å². The third-order valence-electron chi connectivity index (χ3n) is 1.87. The molecular formula is C9H16N2O2S. The highest BCUT2D eigenvalue weighted by Crippen LogP contribution is 2.03. The SMILES string of the molecule is NCCS/C=C/C(=O)N1CCOCC1. The summed E-state index contributed by atoms with van der Waals surface area (Å²) < 4.78 is 5.15. The molecule has 5 heteroatoms. The summed E-state index contributed by atoms with van der Waals surface area (Å²) in [7, 11) is 0. The zero-order valence-electron chi connectivity index (χ0n) is 8.15. The number of ether oxygens (including phenoxy) is 1. The maximum Gasteiger partial charge on any atom is 0.247 e. The highest BCUT2D eigenvalue weighted by Gasteiger charge is 2.13. The minimum absolute atomic E-state index is 0.0674. The van der Waals surface area contributed by atoms with Crippen LogP contribution < -0.4 is 5.73 Å². The molecule has 0 aromatic rings. The van der Waals surface area contributed by atoms with Crippen molar-refractivity contribution in [2.75, 3.05) is 38.6 Å². The number of thioether (sulfide) groups is 1. The largest absolute Gasteiger partial charge is 0.378 e. The van der Waals surface area contributed by atoms with Crippen LogP contribution >= 0.6 is 11.8 Å². The molecule has 0 aromatic carbocycles. The van der Waals surface area contributed by atoms with Crippen molar-refractivity contribution in [3.63, 3.8) is 0 Å². The van der Waals surface area contributed by atoms with Gasteiger partial charge in [0.05, 0.1) is 13.2 Å². The molecule has 2 N–H and O–H groups in total. The van der Waals surface area contributed by atoms with Gasteiger partial charge < -0.3 is 15.4 Å². The van der Waals surface area contributed by atoms with E-state index in [2.05, 4.69) is 0 Å².